The second-order valence-corrected chi connectivity index (χ2v) is 5.81. The average Bonchev–Trinajstić information content (AvgIpc) is 3.03. The third kappa shape index (κ3) is 3.32. The monoisotopic (exact) mass is 324 g/mol. The van der Waals surface area contributed by atoms with E-state index < -0.39 is 0 Å². The average molecular weight is 324 g/mol. The van der Waals surface area contributed by atoms with Crippen LogP contribution in [0.25, 0.3) is 17.0 Å². The fourth-order valence-corrected chi connectivity index (χ4v) is 2.86. The lowest BCUT2D eigenvalue weighted by Gasteiger charge is -2.06. The van der Waals surface area contributed by atoms with E-state index in [2.05, 4.69) is 0 Å². The summed E-state index contributed by atoms with van der Waals surface area (Å²) in [6, 6.07) is 15.2. The number of methoxy groups -OCH3 is 1. The molecule has 0 saturated heterocycles. The molecule has 1 aromatic heterocycles. The first-order valence-corrected chi connectivity index (χ1v) is 8.37. The van der Waals surface area contributed by atoms with Crippen LogP contribution in [0.1, 0.15) is 16.1 Å². The van der Waals surface area contributed by atoms with E-state index in [1.54, 1.807) is 31.0 Å². The van der Waals surface area contributed by atoms with Gasteiger partial charge in [0.25, 0.3) is 0 Å². The number of carbonyl (C=O) groups excluding carboxylic acids is 1. The second-order valence-electron chi connectivity index (χ2n) is 4.96. The number of para-hydroxylation sites is 1. The third-order valence-corrected chi connectivity index (χ3v) is 4.28. The van der Waals surface area contributed by atoms with Crippen molar-refractivity contribution < 1.29 is 13.9 Å². The summed E-state index contributed by atoms with van der Waals surface area (Å²) in [6.45, 7) is 0. The van der Waals surface area contributed by atoms with Gasteiger partial charge in [0.15, 0.2) is 5.76 Å². The first kappa shape index (κ1) is 15.4. The molecule has 0 saturated carbocycles. The number of ether oxygens (including phenoxy) is 1. The molecule has 116 valence electrons. The van der Waals surface area contributed by atoms with Crippen LogP contribution in [0.3, 0.4) is 0 Å². The molecule has 0 fully saturated rings. The van der Waals surface area contributed by atoms with Gasteiger partial charge in [-0.05, 0) is 42.2 Å². The number of thioether (sulfide) groups is 1. The highest BCUT2D eigenvalue weighted by atomic mass is 32.2. The number of hydrogen-bond donors (Lipinski definition) is 0. The maximum Gasteiger partial charge on any atom is 0.221 e. The quantitative estimate of drug-likeness (QED) is 0.373. The van der Waals surface area contributed by atoms with Crippen molar-refractivity contribution in [3.8, 4) is 5.75 Å². The van der Waals surface area contributed by atoms with Crippen molar-refractivity contribution in [2.24, 2.45) is 0 Å². The van der Waals surface area contributed by atoms with Crippen LogP contribution in [-0.2, 0) is 0 Å². The largest absolute Gasteiger partial charge is 0.496 e. The van der Waals surface area contributed by atoms with Crippen LogP contribution in [0.5, 0.6) is 5.75 Å². The summed E-state index contributed by atoms with van der Waals surface area (Å²) >= 11 is 1.62. The molecule has 4 heteroatoms. The van der Waals surface area contributed by atoms with Gasteiger partial charge in [-0.15, -0.1) is 11.8 Å². The lowest BCUT2D eigenvalue weighted by atomic mass is 10.1. The van der Waals surface area contributed by atoms with Gasteiger partial charge in [0.2, 0.25) is 5.78 Å². The van der Waals surface area contributed by atoms with Crippen LogP contribution < -0.4 is 4.74 Å². The topological polar surface area (TPSA) is 39.4 Å². The molecule has 3 nitrogen and oxygen atoms in total. The molecule has 0 spiro atoms. The van der Waals surface area contributed by atoms with E-state index in [0.29, 0.717) is 5.76 Å². The molecule has 0 radical (unpaired) electrons. The number of furan rings is 1. The van der Waals surface area contributed by atoms with Crippen molar-refractivity contribution in [3.63, 3.8) is 0 Å². The normalized spacial score (nSPS) is 11.2. The molecule has 0 aliphatic heterocycles. The van der Waals surface area contributed by atoms with E-state index in [1.807, 2.05) is 48.7 Å². The highest BCUT2D eigenvalue weighted by Crippen LogP contribution is 2.28. The number of benzene rings is 2. The standard InChI is InChI=1S/C19H16O3S/c1-21-18-11-13(8-10-19(18)23-2)7-9-15(20)17-12-14-5-3-4-6-16(14)22-17/h3-12H,1-2H3. The molecule has 0 N–H and O–H groups in total. The summed E-state index contributed by atoms with van der Waals surface area (Å²) in [5.41, 5.74) is 1.62. The summed E-state index contributed by atoms with van der Waals surface area (Å²) < 4.78 is 10.9. The summed E-state index contributed by atoms with van der Waals surface area (Å²) in [5.74, 6) is 0.986. The SMILES string of the molecule is COc1cc(C=CC(=O)c2cc3ccccc3o2)ccc1SC. The van der Waals surface area contributed by atoms with Crippen LogP contribution in [-0.4, -0.2) is 19.1 Å². The Labute approximate surface area is 138 Å². The van der Waals surface area contributed by atoms with Gasteiger partial charge in [-0.2, -0.15) is 0 Å². The Morgan fingerprint density at radius 1 is 1.17 bits per heavy atom. The Hall–Kier alpha value is -2.46. The minimum Gasteiger partial charge on any atom is -0.496 e. The van der Waals surface area contributed by atoms with E-state index >= 15 is 0 Å². The Morgan fingerprint density at radius 3 is 2.74 bits per heavy atom. The van der Waals surface area contributed by atoms with Gasteiger partial charge in [0, 0.05) is 10.3 Å². The number of fused-ring (bicyclic) bond motifs is 1. The van der Waals surface area contributed by atoms with Gasteiger partial charge in [-0.3, -0.25) is 4.79 Å². The zero-order chi connectivity index (χ0) is 16.2. The Kier molecular flexibility index (Phi) is 4.53. The van der Waals surface area contributed by atoms with E-state index in [1.165, 1.54) is 6.08 Å². The summed E-state index contributed by atoms with van der Waals surface area (Å²) in [4.78, 5) is 13.3. The number of hydrogen-bond acceptors (Lipinski definition) is 4. The number of carbonyl (C=O) groups is 1. The maximum absolute atomic E-state index is 12.2. The van der Waals surface area contributed by atoms with Gasteiger partial charge >= 0.3 is 0 Å². The number of ketones is 1. The first-order valence-electron chi connectivity index (χ1n) is 7.14. The fourth-order valence-electron chi connectivity index (χ4n) is 2.31. The van der Waals surface area contributed by atoms with Crippen LogP contribution in [0.4, 0.5) is 0 Å². The van der Waals surface area contributed by atoms with Crippen LogP contribution in [0.2, 0.25) is 0 Å². The minimum atomic E-state index is -0.158. The van der Waals surface area contributed by atoms with Crippen molar-refractivity contribution in [2.75, 3.05) is 13.4 Å². The molecular formula is C19H16O3S. The predicted molar refractivity (Wildman–Crippen MR) is 94.4 cm³/mol. The molecule has 0 atom stereocenters. The highest BCUT2D eigenvalue weighted by molar-refractivity contribution is 7.98. The third-order valence-electron chi connectivity index (χ3n) is 3.50. The van der Waals surface area contributed by atoms with E-state index in [4.69, 9.17) is 9.15 Å². The van der Waals surface area contributed by atoms with Crippen molar-refractivity contribution in [1.29, 1.82) is 0 Å². The Balaban J connectivity index is 1.83. The predicted octanol–water partition coefficient (Wildman–Crippen LogP) is 5.06. The van der Waals surface area contributed by atoms with Crippen molar-refractivity contribution >= 4 is 34.6 Å². The fraction of sp³-hybridized carbons (Fsp3) is 0.105. The molecule has 3 aromatic rings. The number of allylic oxidation sites excluding steroid dienone is 1. The molecular weight excluding hydrogens is 308 g/mol. The lowest BCUT2D eigenvalue weighted by molar-refractivity contribution is 0.102. The molecule has 1 heterocycles. The minimum absolute atomic E-state index is 0.158. The smallest absolute Gasteiger partial charge is 0.221 e. The van der Waals surface area contributed by atoms with Gasteiger partial charge in [0.1, 0.15) is 11.3 Å². The molecule has 0 amide bonds. The molecule has 0 aliphatic rings. The van der Waals surface area contributed by atoms with Crippen molar-refractivity contribution in [2.45, 2.75) is 4.90 Å². The molecule has 23 heavy (non-hydrogen) atoms. The van der Waals surface area contributed by atoms with Crippen LogP contribution >= 0.6 is 11.8 Å². The Morgan fingerprint density at radius 2 is 2.00 bits per heavy atom. The highest BCUT2D eigenvalue weighted by Gasteiger charge is 2.09. The van der Waals surface area contributed by atoms with Gasteiger partial charge in [-0.25, -0.2) is 0 Å². The molecule has 0 aliphatic carbocycles. The van der Waals surface area contributed by atoms with Crippen molar-refractivity contribution in [3.05, 3.63) is 65.9 Å². The van der Waals surface area contributed by atoms with Crippen LogP contribution in [0.15, 0.2) is 63.9 Å². The molecule has 3 rings (SSSR count). The van der Waals surface area contributed by atoms with Gasteiger partial charge < -0.3 is 9.15 Å². The summed E-state index contributed by atoms with van der Waals surface area (Å²) in [5, 5.41) is 0.926. The van der Waals surface area contributed by atoms with Crippen molar-refractivity contribution in [1.82, 2.24) is 0 Å². The van der Waals surface area contributed by atoms with Gasteiger partial charge in [-0.1, -0.05) is 30.3 Å². The van der Waals surface area contributed by atoms with Gasteiger partial charge in [0.05, 0.1) is 7.11 Å². The lowest BCUT2D eigenvalue weighted by Crippen LogP contribution is -1.91. The molecule has 2 aromatic carbocycles. The van der Waals surface area contributed by atoms with E-state index in [-0.39, 0.29) is 5.78 Å². The van der Waals surface area contributed by atoms with E-state index in [9.17, 15) is 4.79 Å². The maximum atomic E-state index is 12.2. The van der Waals surface area contributed by atoms with E-state index in [0.717, 1.165) is 27.2 Å². The molecule has 0 bridgehead atoms. The van der Waals surface area contributed by atoms with Crippen LogP contribution in [0, 0.1) is 0 Å². The second kappa shape index (κ2) is 6.75. The summed E-state index contributed by atoms with van der Waals surface area (Å²) in [7, 11) is 1.64. The Bertz CT molecular complexity index is 844. The summed E-state index contributed by atoms with van der Waals surface area (Å²) in [6.07, 6.45) is 5.28. The first-order chi connectivity index (χ1) is 11.2. The molecule has 0 unspecified atom stereocenters. The zero-order valence-corrected chi connectivity index (χ0v) is 13.7. The zero-order valence-electron chi connectivity index (χ0n) is 12.9. The number of rotatable bonds is 5.